The summed E-state index contributed by atoms with van der Waals surface area (Å²) in [5, 5.41) is 12.4. The molecule has 9 nitrogen and oxygen atoms in total. The molecule has 3 aromatic carbocycles. The van der Waals surface area contributed by atoms with Crippen LogP contribution in [-0.4, -0.2) is 43.0 Å². The highest BCUT2D eigenvalue weighted by molar-refractivity contribution is 7.85. The second kappa shape index (κ2) is 9.98. The van der Waals surface area contributed by atoms with Crippen LogP contribution in [-0.2, 0) is 16.5 Å². The average Bonchev–Trinajstić information content (AvgIpc) is 3.36. The number of aromatic nitrogens is 4. The SMILES string of the molecule is Cc1ccc(S(=O)(=O)O)c(CC2(O)CC(c3nc(-c4ccc5ccc(-c6ccccc6)nc5c4)c4c(N)nccn34)C2)c1. The van der Waals surface area contributed by atoms with Crippen LogP contribution in [0.15, 0.2) is 96.2 Å². The molecule has 216 valence electrons. The molecule has 0 spiro atoms. The molecular formula is C33H29N5O4S. The van der Waals surface area contributed by atoms with Gasteiger partial charge in [-0.15, -0.1) is 0 Å². The summed E-state index contributed by atoms with van der Waals surface area (Å²) in [6.07, 6.45) is 4.28. The van der Waals surface area contributed by atoms with Crippen molar-refractivity contribution < 1.29 is 18.1 Å². The number of nitrogen functional groups attached to an aromatic ring is 1. The van der Waals surface area contributed by atoms with E-state index in [4.69, 9.17) is 15.7 Å². The Morgan fingerprint density at radius 3 is 2.51 bits per heavy atom. The van der Waals surface area contributed by atoms with Gasteiger partial charge >= 0.3 is 0 Å². The summed E-state index contributed by atoms with van der Waals surface area (Å²) in [7, 11) is -4.42. The smallest absolute Gasteiger partial charge is 0.294 e. The number of rotatable bonds is 6. The summed E-state index contributed by atoms with van der Waals surface area (Å²) >= 11 is 0. The third-order valence-corrected chi connectivity index (χ3v) is 9.23. The molecule has 0 atom stereocenters. The molecule has 0 aliphatic heterocycles. The maximum absolute atomic E-state index is 12.0. The highest BCUT2D eigenvalue weighted by Crippen LogP contribution is 2.48. The van der Waals surface area contributed by atoms with Crippen molar-refractivity contribution >= 4 is 32.4 Å². The van der Waals surface area contributed by atoms with Crippen molar-refractivity contribution in [1.82, 2.24) is 19.4 Å². The lowest BCUT2D eigenvalue weighted by molar-refractivity contribution is -0.0506. The van der Waals surface area contributed by atoms with Crippen molar-refractivity contribution in [2.24, 2.45) is 0 Å². The molecule has 6 aromatic rings. The number of aliphatic hydroxyl groups is 1. The van der Waals surface area contributed by atoms with Gasteiger partial charge in [0.25, 0.3) is 10.1 Å². The molecule has 10 heteroatoms. The summed E-state index contributed by atoms with van der Waals surface area (Å²) < 4.78 is 35.6. The molecule has 0 radical (unpaired) electrons. The number of pyridine rings is 1. The van der Waals surface area contributed by atoms with E-state index in [2.05, 4.69) is 11.1 Å². The lowest BCUT2D eigenvalue weighted by Crippen LogP contribution is -2.45. The predicted octanol–water partition coefficient (Wildman–Crippen LogP) is 5.60. The van der Waals surface area contributed by atoms with E-state index in [-0.39, 0.29) is 17.2 Å². The van der Waals surface area contributed by atoms with Crippen LogP contribution < -0.4 is 5.73 Å². The fourth-order valence-corrected chi connectivity index (χ4v) is 6.95. The van der Waals surface area contributed by atoms with Crippen molar-refractivity contribution in [3.8, 4) is 22.5 Å². The van der Waals surface area contributed by atoms with Crippen LogP contribution in [0, 0.1) is 6.92 Å². The maximum Gasteiger partial charge on any atom is 0.294 e. The van der Waals surface area contributed by atoms with Gasteiger partial charge in [-0.05, 0) is 43.5 Å². The topological polar surface area (TPSA) is 144 Å². The van der Waals surface area contributed by atoms with Gasteiger partial charge in [-0.25, -0.2) is 15.0 Å². The van der Waals surface area contributed by atoms with Gasteiger partial charge in [0, 0.05) is 41.2 Å². The van der Waals surface area contributed by atoms with E-state index >= 15 is 0 Å². The normalized spacial score (nSPS) is 18.6. The summed E-state index contributed by atoms with van der Waals surface area (Å²) in [4.78, 5) is 14.1. The second-order valence-electron chi connectivity index (χ2n) is 11.4. The van der Waals surface area contributed by atoms with Crippen LogP contribution in [0.2, 0.25) is 0 Å². The van der Waals surface area contributed by atoms with Crippen molar-refractivity contribution in [2.75, 3.05) is 5.73 Å². The number of aryl methyl sites for hydroxylation is 1. The monoisotopic (exact) mass is 591 g/mol. The summed E-state index contributed by atoms with van der Waals surface area (Å²) in [5.74, 6) is 0.985. The zero-order valence-electron chi connectivity index (χ0n) is 23.3. The molecule has 4 N–H and O–H groups in total. The number of benzene rings is 3. The van der Waals surface area contributed by atoms with Gasteiger partial charge in [0.05, 0.1) is 21.7 Å². The Labute approximate surface area is 248 Å². The lowest BCUT2D eigenvalue weighted by atomic mass is 9.67. The van der Waals surface area contributed by atoms with Gasteiger partial charge in [0.15, 0.2) is 0 Å². The van der Waals surface area contributed by atoms with E-state index in [0.29, 0.717) is 35.4 Å². The Hall–Kier alpha value is -4.64. The number of anilines is 1. The van der Waals surface area contributed by atoms with Gasteiger partial charge in [-0.2, -0.15) is 8.42 Å². The summed E-state index contributed by atoms with van der Waals surface area (Å²) in [6, 6.07) is 24.8. The average molecular weight is 592 g/mol. The first-order valence-corrected chi connectivity index (χ1v) is 15.4. The minimum Gasteiger partial charge on any atom is -0.389 e. The first-order valence-electron chi connectivity index (χ1n) is 14.0. The van der Waals surface area contributed by atoms with Crippen LogP contribution in [0.5, 0.6) is 0 Å². The summed E-state index contributed by atoms with van der Waals surface area (Å²) in [5.41, 5.74) is 11.4. The quantitative estimate of drug-likeness (QED) is 0.212. The second-order valence-corrected chi connectivity index (χ2v) is 12.8. The van der Waals surface area contributed by atoms with Crippen molar-refractivity contribution in [1.29, 1.82) is 0 Å². The van der Waals surface area contributed by atoms with Crippen molar-refractivity contribution in [3.05, 3.63) is 108 Å². The van der Waals surface area contributed by atoms with Gasteiger partial charge < -0.3 is 10.8 Å². The van der Waals surface area contributed by atoms with E-state index in [1.54, 1.807) is 18.3 Å². The fraction of sp³-hybridized carbons (Fsp3) is 0.182. The first-order chi connectivity index (χ1) is 20.6. The fourth-order valence-electron chi connectivity index (χ4n) is 6.25. The molecule has 0 saturated heterocycles. The Morgan fingerprint density at radius 1 is 0.977 bits per heavy atom. The molecule has 0 bridgehead atoms. The predicted molar refractivity (Wildman–Crippen MR) is 165 cm³/mol. The van der Waals surface area contributed by atoms with Gasteiger partial charge in [-0.1, -0.05) is 66.2 Å². The minimum atomic E-state index is -4.42. The van der Waals surface area contributed by atoms with E-state index in [1.807, 2.05) is 72.1 Å². The molecule has 7 rings (SSSR count). The molecule has 1 fully saturated rings. The molecule has 1 aliphatic carbocycles. The molecule has 43 heavy (non-hydrogen) atoms. The third-order valence-electron chi connectivity index (χ3n) is 8.28. The Kier molecular flexibility index (Phi) is 6.31. The molecule has 0 amide bonds. The maximum atomic E-state index is 12.0. The standard InChI is InChI=1S/C33H29N5O4S/c1-20-7-12-28(43(40,41)42)24(15-20)17-33(39)18-25(19-33)32-37-29(30-31(34)35-13-14-38(30)32)23-9-8-22-10-11-26(36-27(22)16-23)21-5-3-2-4-6-21/h2-16,25,39H,17-19H2,1H3,(H2,34,35)(H,40,41,42). The molecule has 0 unspecified atom stereocenters. The van der Waals surface area contributed by atoms with Crippen LogP contribution in [0.3, 0.4) is 0 Å². The minimum absolute atomic E-state index is 0.0975. The third kappa shape index (κ3) is 4.93. The molecule has 1 aliphatic rings. The lowest BCUT2D eigenvalue weighted by Gasteiger charge is -2.43. The number of fused-ring (bicyclic) bond motifs is 2. The highest BCUT2D eigenvalue weighted by atomic mass is 32.2. The first kappa shape index (κ1) is 27.2. The van der Waals surface area contributed by atoms with Crippen LogP contribution in [0.25, 0.3) is 38.9 Å². The Bertz CT molecular complexity index is 2140. The Morgan fingerprint density at radius 2 is 1.74 bits per heavy atom. The van der Waals surface area contributed by atoms with Gasteiger partial charge in [-0.3, -0.25) is 8.95 Å². The summed E-state index contributed by atoms with van der Waals surface area (Å²) in [6.45, 7) is 1.84. The number of nitrogens with zero attached hydrogens (tertiary/aromatic N) is 4. The zero-order valence-corrected chi connectivity index (χ0v) is 24.2. The Balaban J connectivity index is 1.24. The molecule has 3 aromatic heterocycles. The number of hydrogen-bond donors (Lipinski definition) is 3. The zero-order chi connectivity index (χ0) is 29.9. The highest BCUT2D eigenvalue weighted by Gasteiger charge is 2.46. The number of imidazole rings is 1. The van der Waals surface area contributed by atoms with E-state index < -0.39 is 15.7 Å². The molecular weight excluding hydrogens is 562 g/mol. The molecule has 1 saturated carbocycles. The largest absolute Gasteiger partial charge is 0.389 e. The number of hydrogen-bond acceptors (Lipinski definition) is 7. The van der Waals surface area contributed by atoms with Crippen molar-refractivity contribution in [2.45, 2.75) is 42.6 Å². The van der Waals surface area contributed by atoms with E-state index in [0.717, 1.165) is 39.1 Å². The molecule has 3 heterocycles. The number of nitrogens with two attached hydrogens (primary N) is 1. The van der Waals surface area contributed by atoms with E-state index in [1.165, 1.54) is 6.07 Å². The van der Waals surface area contributed by atoms with Gasteiger partial charge in [0.1, 0.15) is 22.9 Å². The van der Waals surface area contributed by atoms with Crippen LogP contribution in [0.1, 0.15) is 35.7 Å². The van der Waals surface area contributed by atoms with Crippen molar-refractivity contribution in [3.63, 3.8) is 0 Å². The van der Waals surface area contributed by atoms with Crippen LogP contribution >= 0.6 is 0 Å². The van der Waals surface area contributed by atoms with Gasteiger partial charge in [0.2, 0.25) is 0 Å². The van der Waals surface area contributed by atoms with E-state index in [9.17, 15) is 18.1 Å². The van der Waals surface area contributed by atoms with Crippen LogP contribution in [0.4, 0.5) is 5.82 Å².